The van der Waals surface area contributed by atoms with Gasteiger partial charge in [-0.15, -0.1) is 0 Å². The Morgan fingerprint density at radius 3 is 2.35 bits per heavy atom. The van der Waals surface area contributed by atoms with Crippen molar-refractivity contribution in [2.45, 2.75) is 59.8 Å². The van der Waals surface area contributed by atoms with Crippen LogP contribution in [-0.2, 0) is 11.2 Å². The lowest BCUT2D eigenvalue weighted by molar-refractivity contribution is -0.121. The molecule has 0 heterocycles. The molecule has 1 aliphatic carbocycles. The van der Waals surface area contributed by atoms with Crippen molar-refractivity contribution >= 4 is 17.4 Å². The number of rotatable bonds is 5. The van der Waals surface area contributed by atoms with Crippen LogP contribution in [0.2, 0.25) is 0 Å². The van der Waals surface area contributed by atoms with Crippen molar-refractivity contribution in [2.24, 2.45) is 11.8 Å². The van der Waals surface area contributed by atoms with Gasteiger partial charge in [0, 0.05) is 23.2 Å². The van der Waals surface area contributed by atoms with Gasteiger partial charge in [0.2, 0.25) is 5.91 Å². The number of nitrogens with one attached hydrogen (secondary N) is 1. The normalized spacial score (nSPS) is 17.9. The van der Waals surface area contributed by atoms with Gasteiger partial charge in [0.15, 0.2) is 5.78 Å². The zero-order chi connectivity index (χ0) is 23.0. The van der Waals surface area contributed by atoms with E-state index in [4.69, 9.17) is 4.74 Å². The van der Waals surface area contributed by atoms with Crippen LogP contribution < -0.4 is 10.1 Å². The first-order chi connectivity index (χ1) is 14.8. The lowest BCUT2D eigenvalue weighted by Crippen LogP contribution is -2.26. The maximum absolute atomic E-state index is 13.1. The van der Waals surface area contributed by atoms with Gasteiger partial charge in [0.1, 0.15) is 11.6 Å². The number of carbonyl (C=O) groups is 2. The molecule has 0 aromatic heterocycles. The fourth-order valence-corrected chi connectivity index (χ4v) is 3.91. The largest absolute Gasteiger partial charge is 0.496 e. The highest BCUT2D eigenvalue weighted by Crippen LogP contribution is 2.30. The fourth-order valence-electron chi connectivity index (χ4n) is 3.91. The van der Waals surface area contributed by atoms with E-state index in [0.717, 1.165) is 48.6 Å². The molecular weight excluding hydrogens is 393 g/mol. The Morgan fingerprint density at radius 2 is 1.81 bits per heavy atom. The predicted molar refractivity (Wildman–Crippen MR) is 123 cm³/mol. The first-order valence-corrected chi connectivity index (χ1v) is 11.0. The first kappa shape index (κ1) is 24.6. The highest BCUT2D eigenvalue weighted by Gasteiger charge is 2.24. The Morgan fingerprint density at radius 1 is 1.13 bits per heavy atom. The van der Waals surface area contributed by atoms with Crippen LogP contribution in [0.3, 0.4) is 0 Å². The van der Waals surface area contributed by atoms with E-state index in [9.17, 15) is 14.0 Å². The van der Waals surface area contributed by atoms with Gasteiger partial charge in [-0.1, -0.05) is 32.0 Å². The van der Waals surface area contributed by atoms with Gasteiger partial charge < -0.3 is 10.1 Å². The van der Waals surface area contributed by atoms with Crippen LogP contribution >= 0.6 is 0 Å². The van der Waals surface area contributed by atoms with Crippen LogP contribution in [0.15, 0.2) is 36.4 Å². The molecule has 4 nitrogen and oxygen atoms in total. The summed E-state index contributed by atoms with van der Waals surface area (Å²) in [5.41, 5.74) is 2.92. The second kappa shape index (κ2) is 11.6. The summed E-state index contributed by atoms with van der Waals surface area (Å²) >= 11 is 0. The lowest BCUT2D eigenvalue weighted by Gasteiger charge is -2.25. The summed E-state index contributed by atoms with van der Waals surface area (Å²) in [5, 5.41) is 3.01. The Bertz CT molecular complexity index is 902. The van der Waals surface area contributed by atoms with Crippen molar-refractivity contribution in [3.05, 3.63) is 58.9 Å². The molecule has 0 saturated heterocycles. The van der Waals surface area contributed by atoms with E-state index < -0.39 is 0 Å². The summed E-state index contributed by atoms with van der Waals surface area (Å²) in [4.78, 5) is 23.2. The number of carbonyl (C=O) groups excluding carboxylic acids is 2. The molecule has 1 N–H and O–H groups in total. The minimum absolute atomic E-state index is 0.0775. The molecular formula is C26H34FNO3. The van der Waals surface area contributed by atoms with Gasteiger partial charge >= 0.3 is 0 Å². The monoisotopic (exact) mass is 427 g/mol. The van der Waals surface area contributed by atoms with E-state index in [0.29, 0.717) is 17.5 Å². The average molecular weight is 428 g/mol. The third kappa shape index (κ3) is 6.91. The summed E-state index contributed by atoms with van der Waals surface area (Å²) in [5.74, 6) is 1.54. The van der Waals surface area contributed by atoms with Crippen LogP contribution in [0.4, 0.5) is 10.1 Å². The van der Waals surface area contributed by atoms with E-state index in [1.54, 1.807) is 19.2 Å². The van der Waals surface area contributed by atoms with Crippen LogP contribution in [0.25, 0.3) is 0 Å². The zero-order valence-electron chi connectivity index (χ0n) is 19.3. The van der Waals surface area contributed by atoms with Gasteiger partial charge in [0.25, 0.3) is 0 Å². The van der Waals surface area contributed by atoms with E-state index in [1.807, 2.05) is 32.0 Å². The summed E-state index contributed by atoms with van der Waals surface area (Å²) in [6.45, 7) is 7.55. The molecule has 3 rings (SSSR count). The minimum Gasteiger partial charge on any atom is -0.496 e. The van der Waals surface area contributed by atoms with Crippen molar-refractivity contribution in [1.82, 2.24) is 0 Å². The average Bonchev–Trinajstić information content (AvgIpc) is 2.75. The number of hydrogen-bond acceptors (Lipinski definition) is 3. The standard InChI is InChI=1S/C16H23NO2.C10H11FO/c1-11-4-7-13(8-5-11)16(18)17-14-9-6-12(2)15(10-14)19-3;1-3-8-9(7(2)12)5-4-6-10(8)11/h6,9-11,13H,4-5,7-8H2,1-3H3,(H,17,18);4-6H,3H2,1-2H3. The molecule has 0 bridgehead atoms. The van der Waals surface area contributed by atoms with Crippen molar-refractivity contribution in [3.8, 4) is 5.75 Å². The smallest absolute Gasteiger partial charge is 0.227 e. The van der Waals surface area contributed by atoms with Crippen LogP contribution in [0.5, 0.6) is 5.75 Å². The van der Waals surface area contributed by atoms with E-state index in [1.165, 1.54) is 13.0 Å². The van der Waals surface area contributed by atoms with Crippen LogP contribution in [-0.4, -0.2) is 18.8 Å². The number of benzene rings is 2. The first-order valence-electron chi connectivity index (χ1n) is 11.0. The fraction of sp³-hybridized carbons (Fsp3) is 0.462. The molecule has 0 spiro atoms. The second-order valence-electron chi connectivity index (χ2n) is 8.31. The van der Waals surface area contributed by atoms with Crippen LogP contribution in [0.1, 0.15) is 67.9 Å². The second-order valence-corrected chi connectivity index (χ2v) is 8.31. The third-order valence-electron chi connectivity index (χ3n) is 5.91. The highest BCUT2D eigenvalue weighted by molar-refractivity contribution is 5.95. The van der Waals surface area contributed by atoms with E-state index in [2.05, 4.69) is 12.2 Å². The summed E-state index contributed by atoms with van der Waals surface area (Å²) in [7, 11) is 1.65. The molecule has 31 heavy (non-hydrogen) atoms. The van der Waals surface area contributed by atoms with Crippen molar-refractivity contribution in [2.75, 3.05) is 12.4 Å². The number of hydrogen-bond donors (Lipinski definition) is 1. The van der Waals surface area contributed by atoms with Crippen molar-refractivity contribution in [3.63, 3.8) is 0 Å². The third-order valence-corrected chi connectivity index (χ3v) is 5.91. The van der Waals surface area contributed by atoms with Gasteiger partial charge in [-0.25, -0.2) is 4.39 Å². The Kier molecular flexibility index (Phi) is 9.22. The van der Waals surface area contributed by atoms with Crippen molar-refractivity contribution < 1.29 is 18.7 Å². The van der Waals surface area contributed by atoms with E-state index >= 15 is 0 Å². The number of aryl methyl sites for hydroxylation is 1. The zero-order valence-corrected chi connectivity index (χ0v) is 19.3. The number of halogens is 1. The Labute approximate surface area is 185 Å². The summed E-state index contributed by atoms with van der Waals surface area (Å²) < 4.78 is 18.3. The molecule has 1 saturated carbocycles. The molecule has 1 fully saturated rings. The predicted octanol–water partition coefficient (Wildman–Crippen LogP) is 6.36. The molecule has 0 aliphatic heterocycles. The molecule has 0 radical (unpaired) electrons. The van der Waals surface area contributed by atoms with Crippen molar-refractivity contribution in [1.29, 1.82) is 0 Å². The quantitative estimate of drug-likeness (QED) is 0.565. The number of amides is 1. The van der Waals surface area contributed by atoms with E-state index in [-0.39, 0.29) is 23.4 Å². The van der Waals surface area contributed by atoms with Gasteiger partial charge in [-0.2, -0.15) is 0 Å². The highest BCUT2D eigenvalue weighted by atomic mass is 19.1. The minimum atomic E-state index is -0.287. The Balaban J connectivity index is 0.000000245. The Hall–Kier alpha value is -2.69. The maximum atomic E-state index is 13.1. The molecule has 2 aromatic carbocycles. The number of anilines is 1. The maximum Gasteiger partial charge on any atom is 0.227 e. The molecule has 1 amide bonds. The topological polar surface area (TPSA) is 55.4 Å². The summed E-state index contributed by atoms with van der Waals surface area (Å²) in [6, 6.07) is 10.4. The lowest BCUT2D eigenvalue weighted by atomic mass is 9.82. The molecule has 1 aliphatic rings. The summed E-state index contributed by atoms with van der Waals surface area (Å²) in [6.07, 6.45) is 4.90. The molecule has 2 aromatic rings. The number of Topliss-reactive ketones (excluding diaryl/α,β-unsaturated/α-hetero) is 1. The van der Waals surface area contributed by atoms with Gasteiger partial charge in [-0.3, -0.25) is 9.59 Å². The number of ketones is 1. The number of methoxy groups -OCH3 is 1. The SMILES string of the molecule is CCc1c(F)cccc1C(C)=O.COc1cc(NC(=O)C2CCC(C)CC2)ccc1C. The van der Waals surface area contributed by atoms with Gasteiger partial charge in [0.05, 0.1) is 7.11 Å². The molecule has 168 valence electrons. The van der Waals surface area contributed by atoms with Gasteiger partial charge in [-0.05, 0) is 75.1 Å². The molecule has 0 unspecified atom stereocenters. The molecule has 0 atom stereocenters. The number of ether oxygens (including phenoxy) is 1. The molecule has 5 heteroatoms. The van der Waals surface area contributed by atoms with Crippen LogP contribution in [0, 0.1) is 24.6 Å².